The first-order valence-electron chi connectivity index (χ1n) is 5.94. The van der Waals surface area contributed by atoms with E-state index < -0.39 is 0 Å². The SMILES string of the molecule is Cc1ccc(/C(N)=N/O)c(N(C)Cc2cccs2)c1. The highest BCUT2D eigenvalue weighted by Gasteiger charge is 2.12. The van der Waals surface area contributed by atoms with E-state index in [1.807, 2.05) is 38.2 Å². The van der Waals surface area contributed by atoms with E-state index in [1.165, 1.54) is 4.88 Å². The average Bonchev–Trinajstić information content (AvgIpc) is 2.90. The molecule has 0 unspecified atom stereocenters. The first-order chi connectivity index (χ1) is 9.11. The monoisotopic (exact) mass is 275 g/mol. The predicted molar refractivity (Wildman–Crippen MR) is 80.1 cm³/mol. The molecule has 0 fully saturated rings. The standard InChI is InChI=1S/C14H17N3OS/c1-10-5-6-12(14(15)16-18)13(8-10)17(2)9-11-4-3-7-19-11/h3-8,18H,9H2,1-2H3,(H2,15,16). The number of oxime groups is 1. The molecule has 0 aliphatic carbocycles. The maximum Gasteiger partial charge on any atom is 0.172 e. The van der Waals surface area contributed by atoms with Crippen LogP contribution in [0, 0.1) is 6.92 Å². The van der Waals surface area contributed by atoms with Crippen LogP contribution in [-0.2, 0) is 6.54 Å². The lowest BCUT2D eigenvalue weighted by Crippen LogP contribution is -2.22. The Morgan fingerprint density at radius 3 is 2.84 bits per heavy atom. The fourth-order valence-corrected chi connectivity index (χ4v) is 2.71. The number of amidine groups is 1. The topological polar surface area (TPSA) is 61.9 Å². The van der Waals surface area contributed by atoms with Crippen LogP contribution in [0.4, 0.5) is 5.69 Å². The van der Waals surface area contributed by atoms with Crippen LogP contribution >= 0.6 is 11.3 Å². The van der Waals surface area contributed by atoms with Gasteiger partial charge in [-0.2, -0.15) is 0 Å². The summed E-state index contributed by atoms with van der Waals surface area (Å²) in [5.74, 6) is 0.132. The van der Waals surface area contributed by atoms with Crippen molar-refractivity contribution in [3.05, 3.63) is 51.7 Å². The van der Waals surface area contributed by atoms with E-state index in [2.05, 4.69) is 21.5 Å². The van der Waals surface area contributed by atoms with E-state index in [1.54, 1.807) is 11.3 Å². The van der Waals surface area contributed by atoms with Crippen molar-refractivity contribution in [2.24, 2.45) is 10.9 Å². The van der Waals surface area contributed by atoms with Crippen LogP contribution in [-0.4, -0.2) is 18.1 Å². The van der Waals surface area contributed by atoms with Crippen LogP contribution in [0.5, 0.6) is 0 Å². The van der Waals surface area contributed by atoms with Crippen molar-refractivity contribution < 1.29 is 5.21 Å². The molecular weight excluding hydrogens is 258 g/mol. The van der Waals surface area contributed by atoms with E-state index in [4.69, 9.17) is 10.9 Å². The van der Waals surface area contributed by atoms with Gasteiger partial charge in [-0.25, -0.2) is 0 Å². The summed E-state index contributed by atoms with van der Waals surface area (Å²) in [6.45, 7) is 2.82. The third-order valence-corrected chi connectivity index (χ3v) is 3.78. The molecule has 0 spiro atoms. The van der Waals surface area contributed by atoms with Gasteiger partial charge in [0.1, 0.15) is 0 Å². The molecular formula is C14H17N3OS. The Balaban J connectivity index is 2.34. The lowest BCUT2D eigenvalue weighted by molar-refractivity contribution is 0.318. The third-order valence-electron chi connectivity index (χ3n) is 2.92. The van der Waals surface area contributed by atoms with Crippen LogP contribution in [0.1, 0.15) is 16.0 Å². The molecule has 0 aliphatic rings. The second-order valence-corrected chi connectivity index (χ2v) is 5.47. The van der Waals surface area contributed by atoms with E-state index in [9.17, 15) is 0 Å². The van der Waals surface area contributed by atoms with Gasteiger partial charge in [0.2, 0.25) is 0 Å². The summed E-state index contributed by atoms with van der Waals surface area (Å²) in [6.07, 6.45) is 0. The molecule has 1 aromatic heterocycles. The minimum absolute atomic E-state index is 0.132. The Kier molecular flexibility index (Phi) is 4.06. The van der Waals surface area contributed by atoms with Crippen molar-refractivity contribution in [1.29, 1.82) is 0 Å². The molecule has 0 aliphatic heterocycles. The summed E-state index contributed by atoms with van der Waals surface area (Å²) in [5, 5.41) is 14.0. The van der Waals surface area contributed by atoms with Crippen molar-refractivity contribution >= 4 is 22.9 Å². The van der Waals surface area contributed by atoms with Gasteiger partial charge in [0, 0.05) is 23.2 Å². The van der Waals surface area contributed by atoms with Crippen molar-refractivity contribution in [2.75, 3.05) is 11.9 Å². The predicted octanol–water partition coefficient (Wildman–Crippen LogP) is 2.79. The Bertz CT molecular complexity index is 578. The summed E-state index contributed by atoms with van der Waals surface area (Å²) < 4.78 is 0. The molecule has 100 valence electrons. The lowest BCUT2D eigenvalue weighted by Gasteiger charge is -2.22. The van der Waals surface area contributed by atoms with E-state index in [0.717, 1.165) is 23.4 Å². The largest absolute Gasteiger partial charge is 0.409 e. The van der Waals surface area contributed by atoms with Crippen LogP contribution in [0.3, 0.4) is 0 Å². The number of nitrogens with zero attached hydrogens (tertiary/aromatic N) is 2. The second-order valence-electron chi connectivity index (χ2n) is 4.44. The molecule has 2 rings (SSSR count). The zero-order valence-corrected chi connectivity index (χ0v) is 11.8. The molecule has 19 heavy (non-hydrogen) atoms. The maximum absolute atomic E-state index is 8.87. The summed E-state index contributed by atoms with van der Waals surface area (Å²) in [4.78, 5) is 3.38. The Hall–Kier alpha value is -2.01. The molecule has 0 radical (unpaired) electrons. The average molecular weight is 275 g/mol. The van der Waals surface area contributed by atoms with Gasteiger partial charge < -0.3 is 15.8 Å². The molecule has 0 amide bonds. The fourth-order valence-electron chi connectivity index (χ4n) is 1.95. The van der Waals surface area contributed by atoms with Gasteiger partial charge in [0.25, 0.3) is 0 Å². The number of rotatable bonds is 4. The second kappa shape index (κ2) is 5.75. The van der Waals surface area contributed by atoms with Crippen molar-refractivity contribution in [2.45, 2.75) is 13.5 Å². The Morgan fingerprint density at radius 1 is 1.42 bits per heavy atom. The summed E-state index contributed by atoms with van der Waals surface area (Å²) in [6, 6.07) is 10.0. The Morgan fingerprint density at radius 2 is 2.21 bits per heavy atom. The van der Waals surface area contributed by atoms with Crippen LogP contribution in [0.2, 0.25) is 0 Å². The molecule has 2 aromatic rings. The zero-order valence-electron chi connectivity index (χ0n) is 11.0. The van der Waals surface area contributed by atoms with Gasteiger partial charge in [-0.1, -0.05) is 17.3 Å². The van der Waals surface area contributed by atoms with Gasteiger partial charge in [0.05, 0.1) is 6.54 Å². The number of benzene rings is 1. The van der Waals surface area contributed by atoms with Gasteiger partial charge in [-0.05, 0) is 36.1 Å². The molecule has 0 saturated carbocycles. The lowest BCUT2D eigenvalue weighted by atomic mass is 10.1. The van der Waals surface area contributed by atoms with Crippen LogP contribution in [0.25, 0.3) is 0 Å². The fraction of sp³-hybridized carbons (Fsp3) is 0.214. The molecule has 1 heterocycles. The third kappa shape index (κ3) is 3.06. The molecule has 3 N–H and O–H groups in total. The molecule has 5 heteroatoms. The van der Waals surface area contributed by atoms with Crippen LogP contribution < -0.4 is 10.6 Å². The first-order valence-corrected chi connectivity index (χ1v) is 6.82. The summed E-state index contributed by atoms with van der Waals surface area (Å²) in [5.41, 5.74) is 8.58. The van der Waals surface area contributed by atoms with E-state index in [-0.39, 0.29) is 5.84 Å². The van der Waals surface area contributed by atoms with Crippen LogP contribution in [0.15, 0.2) is 40.9 Å². The van der Waals surface area contributed by atoms with Gasteiger partial charge in [-0.15, -0.1) is 11.3 Å². The highest BCUT2D eigenvalue weighted by atomic mass is 32.1. The Labute approximate surface area is 116 Å². The molecule has 0 bridgehead atoms. The number of hydrogen-bond acceptors (Lipinski definition) is 4. The molecule has 4 nitrogen and oxygen atoms in total. The van der Waals surface area contributed by atoms with Gasteiger partial charge in [0.15, 0.2) is 5.84 Å². The maximum atomic E-state index is 8.87. The quantitative estimate of drug-likeness (QED) is 0.390. The van der Waals surface area contributed by atoms with Crippen molar-refractivity contribution in [3.63, 3.8) is 0 Å². The smallest absolute Gasteiger partial charge is 0.172 e. The van der Waals surface area contributed by atoms with Gasteiger partial charge in [-0.3, -0.25) is 0 Å². The molecule has 0 saturated heterocycles. The molecule has 0 atom stereocenters. The molecule has 1 aromatic carbocycles. The highest BCUT2D eigenvalue weighted by Crippen LogP contribution is 2.24. The number of anilines is 1. The van der Waals surface area contributed by atoms with E-state index >= 15 is 0 Å². The summed E-state index contributed by atoms with van der Waals surface area (Å²) in [7, 11) is 2.00. The minimum atomic E-state index is 0.132. The summed E-state index contributed by atoms with van der Waals surface area (Å²) >= 11 is 1.72. The normalized spacial score (nSPS) is 11.6. The van der Waals surface area contributed by atoms with Gasteiger partial charge >= 0.3 is 0 Å². The minimum Gasteiger partial charge on any atom is -0.409 e. The number of aryl methyl sites for hydroxylation is 1. The van der Waals surface area contributed by atoms with E-state index in [0.29, 0.717) is 0 Å². The zero-order chi connectivity index (χ0) is 13.8. The number of hydrogen-bond donors (Lipinski definition) is 2. The highest BCUT2D eigenvalue weighted by molar-refractivity contribution is 7.09. The first kappa shape index (κ1) is 13.4. The number of thiophene rings is 1. The van der Waals surface area contributed by atoms with Crippen molar-refractivity contribution in [3.8, 4) is 0 Å². The van der Waals surface area contributed by atoms with Crippen molar-refractivity contribution in [1.82, 2.24) is 0 Å². The number of nitrogens with two attached hydrogens (primary N) is 1.